The average Bonchev–Trinajstić information content (AvgIpc) is 2.24. The lowest BCUT2D eigenvalue weighted by Crippen LogP contribution is -2.46. The number of hydrogen-bond donors (Lipinski definition) is 1. The first-order valence-corrected chi connectivity index (χ1v) is 6.93. The molecule has 0 spiro atoms. The lowest BCUT2D eigenvalue weighted by atomic mass is 9.68. The van der Waals surface area contributed by atoms with Gasteiger partial charge in [-0.1, -0.05) is 28.1 Å². The SMILES string of the molecule is CN(C)CC(c1ccc(Br)cc1)C1(O)CCC1. The first-order chi connectivity index (χ1) is 8.01. The van der Waals surface area contributed by atoms with Crippen LogP contribution in [0.15, 0.2) is 28.7 Å². The molecular formula is C14H20BrNO. The Balaban J connectivity index is 2.23. The molecule has 0 amide bonds. The lowest BCUT2D eigenvalue weighted by molar-refractivity contribution is -0.0622. The van der Waals surface area contributed by atoms with Gasteiger partial charge in [0.1, 0.15) is 0 Å². The predicted molar refractivity (Wildman–Crippen MR) is 74.2 cm³/mol. The second-order valence-electron chi connectivity index (χ2n) is 5.32. The van der Waals surface area contributed by atoms with Gasteiger partial charge in [0.15, 0.2) is 0 Å². The monoisotopic (exact) mass is 297 g/mol. The third-order valence-electron chi connectivity index (χ3n) is 3.69. The van der Waals surface area contributed by atoms with E-state index in [2.05, 4.69) is 59.2 Å². The molecule has 1 atom stereocenters. The van der Waals surface area contributed by atoms with Crippen LogP contribution in [0.3, 0.4) is 0 Å². The molecule has 2 rings (SSSR count). The van der Waals surface area contributed by atoms with Gasteiger partial charge in [0.2, 0.25) is 0 Å². The summed E-state index contributed by atoms with van der Waals surface area (Å²) < 4.78 is 1.09. The minimum absolute atomic E-state index is 0.222. The number of hydrogen-bond acceptors (Lipinski definition) is 2. The first kappa shape index (κ1) is 13.1. The maximum Gasteiger partial charge on any atom is 0.0728 e. The van der Waals surface area contributed by atoms with Crippen molar-refractivity contribution >= 4 is 15.9 Å². The zero-order valence-electron chi connectivity index (χ0n) is 10.5. The van der Waals surface area contributed by atoms with Crippen molar-refractivity contribution in [2.24, 2.45) is 0 Å². The number of likely N-dealkylation sites (N-methyl/N-ethyl adjacent to an activating group) is 1. The molecule has 3 heteroatoms. The molecule has 0 aliphatic heterocycles. The molecule has 1 N–H and O–H groups in total. The van der Waals surface area contributed by atoms with Crippen LogP contribution in [0.2, 0.25) is 0 Å². The highest BCUT2D eigenvalue weighted by molar-refractivity contribution is 9.10. The zero-order chi connectivity index (χ0) is 12.5. The van der Waals surface area contributed by atoms with Crippen LogP contribution in [0.5, 0.6) is 0 Å². The maximum atomic E-state index is 10.6. The summed E-state index contributed by atoms with van der Waals surface area (Å²) in [6, 6.07) is 8.35. The molecule has 0 heterocycles. The minimum Gasteiger partial charge on any atom is -0.389 e. The van der Waals surface area contributed by atoms with Gasteiger partial charge in [0.25, 0.3) is 0 Å². The van der Waals surface area contributed by atoms with Crippen molar-refractivity contribution in [1.82, 2.24) is 4.90 Å². The maximum absolute atomic E-state index is 10.6. The summed E-state index contributed by atoms with van der Waals surface area (Å²) in [5, 5.41) is 10.6. The van der Waals surface area contributed by atoms with Gasteiger partial charge in [0, 0.05) is 16.9 Å². The fourth-order valence-corrected chi connectivity index (χ4v) is 2.80. The number of rotatable bonds is 4. The van der Waals surface area contributed by atoms with Crippen LogP contribution >= 0.6 is 15.9 Å². The summed E-state index contributed by atoms with van der Waals surface area (Å²) in [6.45, 7) is 0.901. The highest BCUT2D eigenvalue weighted by Gasteiger charge is 2.42. The van der Waals surface area contributed by atoms with Crippen LogP contribution in [0.25, 0.3) is 0 Å². The van der Waals surface area contributed by atoms with E-state index in [9.17, 15) is 5.11 Å². The van der Waals surface area contributed by atoms with E-state index in [0.29, 0.717) is 0 Å². The molecule has 1 unspecified atom stereocenters. The third-order valence-corrected chi connectivity index (χ3v) is 4.22. The van der Waals surface area contributed by atoms with Gasteiger partial charge in [-0.2, -0.15) is 0 Å². The molecule has 94 valence electrons. The Kier molecular flexibility index (Phi) is 3.91. The van der Waals surface area contributed by atoms with Gasteiger partial charge in [0.05, 0.1) is 5.60 Å². The molecular weight excluding hydrogens is 278 g/mol. The topological polar surface area (TPSA) is 23.5 Å². The fraction of sp³-hybridized carbons (Fsp3) is 0.571. The first-order valence-electron chi connectivity index (χ1n) is 6.14. The van der Waals surface area contributed by atoms with E-state index >= 15 is 0 Å². The molecule has 1 saturated carbocycles. The molecule has 1 fully saturated rings. The van der Waals surface area contributed by atoms with Gasteiger partial charge in [-0.3, -0.25) is 0 Å². The van der Waals surface area contributed by atoms with E-state index in [0.717, 1.165) is 30.3 Å². The van der Waals surface area contributed by atoms with Crippen molar-refractivity contribution in [1.29, 1.82) is 0 Å². The molecule has 0 radical (unpaired) electrons. The highest BCUT2D eigenvalue weighted by Crippen LogP contribution is 2.43. The van der Waals surface area contributed by atoms with E-state index in [-0.39, 0.29) is 5.92 Å². The van der Waals surface area contributed by atoms with Crippen LogP contribution in [0.1, 0.15) is 30.7 Å². The van der Waals surface area contributed by atoms with Crippen molar-refractivity contribution in [3.8, 4) is 0 Å². The second-order valence-corrected chi connectivity index (χ2v) is 6.24. The van der Waals surface area contributed by atoms with E-state index in [1.165, 1.54) is 5.56 Å². The smallest absolute Gasteiger partial charge is 0.0728 e. The Labute approximate surface area is 112 Å². The summed E-state index contributed by atoms with van der Waals surface area (Å²) in [5.74, 6) is 0.222. The van der Waals surface area contributed by atoms with Crippen molar-refractivity contribution in [3.05, 3.63) is 34.3 Å². The molecule has 1 aromatic rings. The van der Waals surface area contributed by atoms with Gasteiger partial charge >= 0.3 is 0 Å². The van der Waals surface area contributed by atoms with Crippen molar-refractivity contribution < 1.29 is 5.11 Å². The Morgan fingerprint density at radius 2 is 1.88 bits per heavy atom. The van der Waals surface area contributed by atoms with Crippen molar-refractivity contribution in [2.75, 3.05) is 20.6 Å². The summed E-state index contributed by atoms with van der Waals surface area (Å²) >= 11 is 3.45. The molecule has 0 bridgehead atoms. The summed E-state index contributed by atoms with van der Waals surface area (Å²) in [6.07, 6.45) is 3.01. The Morgan fingerprint density at radius 1 is 1.29 bits per heavy atom. The number of aliphatic hydroxyl groups is 1. The van der Waals surface area contributed by atoms with E-state index in [4.69, 9.17) is 0 Å². The van der Waals surface area contributed by atoms with Crippen LogP contribution in [0.4, 0.5) is 0 Å². The molecule has 0 saturated heterocycles. The largest absolute Gasteiger partial charge is 0.389 e. The molecule has 17 heavy (non-hydrogen) atoms. The number of nitrogens with zero attached hydrogens (tertiary/aromatic N) is 1. The fourth-order valence-electron chi connectivity index (χ4n) is 2.53. The van der Waals surface area contributed by atoms with E-state index in [1.54, 1.807) is 0 Å². The second kappa shape index (κ2) is 5.09. The summed E-state index contributed by atoms with van der Waals surface area (Å²) in [4.78, 5) is 2.16. The molecule has 1 aliphatic rings. The van der Waals surface area contributed by atoms with Gasteiger partial charge in [-0.05, 0) is 51.1 Å². The van der Waals surface area contributed by atoms with Gasteiger partial charge in [-0.25, -0.2) is 0 Å². The standard InChI is InChI=1S/C14H20BrNO/c1-16(2)10-13(14(17)8-3-9-14)11-4-6-12(15)7-5-11/h4-7,13,17H,3,8-10H2,1-2H3. The van der Waals surface area contributed by atoms with Crippen LogP contribution < -0.4 is 0 Å². The Morgan fingerprint density at radius 3 is 2.29 bits per heavy atom. The molecule has 0 aromatic heterocycles. The number of halogens is 1. The normalized spacial score (nSPS) is 20.1. The summed E-state index contributed by atoms with van der Waals surface area (Å²) in [7, 11) is 4.13. The van der Waals surface area contributed by atoms with Crippen LogP contribution in [0, 0.1) is 0 Å². The Hall–Kier alpha value is -0.380. The van der Waals surface area contributed by atoms with E-state index in [1.807, 2.05) is 0 Å². The van der Waals surface area contributed by atoms with Crippen molar-refractivity contribution in [2.45, 2.75) is 30.8 Å². The average molecular weight is 298 g/mol. The summed E-state index contributed by atoms with van der Waals surface area (Å²) in [5.41, 5.74) is 0.752. The molecule has 1 aliphatic carbocycles. The predicted octanol–water partition coefficient (Wildman–Crippen LogP) is 3.01. The lowest BCUT2D eigenvalue weighted by Gasteiger charge is -2.44. The molecule has 1 aromatic carbocycles. The van der Waals surface area contributed by atoms with Gasteiger partial charge < -0.3 is 10.0 Å². The number of benzene rings is 1. The van der Waals surface area contributed by atoms with Crippen LogP contribution in [-0.2, 0) is 0 Å². The molecule has 2 nitrogen and oxygen atoms in total. The van der Waals surface area contributed by atoms with Crippen molar-refractivity contribution in [3.63, 3.8) is 0 Å². The van der Waals surface area contributed by atoms with Gasteiger partial charge in [-0.15, -0.1) is 0 Å². The zero-order valence-corrected chi connectivity index (χ0v) is 12.1. The van der Waals surface area contributed by atoms with E-state index < -0.39 is 5.60 Å². The Bertz CT molecular complexity index is 370. The van der Waals surface area contributed by atoms with Crippen LogP contribution in [-0.4, -0.2) is 36.2 Å². The minimum atomic E-state index is -0.488. The quantitative estimate of drug-likeness (QED) is 0.923. The third kappa shape index (κ3) is 2.90. The highest BCUT2D eigenvalue weighted by atomic mass is 79.9.